The number of hydrogen-bond donors (Lipinski definition) is 3. The third-order valence-electron chi connectivity index (χ3n) is 2.42. The van der Waals surface area contributed by atoms with Crippen molar-refractivity contribution in [3.05, 3.63) is 0 Å². The Labute approximate surface area is 90.0 Å². The maximum absolute atomic E-state index is 11.6. The van der Waals surface area contributed by atoms with Crippen molar-refractivity contribution >= 4 is 11.8 Å². The molecule has 1 unspecified atom stereocenters. The quantitative estimate of drug-likeness (QED) is 0.545. The summed E-state index contributed by atoms with van der Waals surface area (Å²) in [6.07, 6.45) is 3.17. The highest BCUT2D eigenvalue weighted by Crippen LogP contribution is 2.06. The molecule has 5 heteroatoms. The van der Waals surface area contributed by atoms with E-state index >= 15 is 0 Å². The summed E-state index contributed by atoms with van der Waals surface area (Å²) in [7, 11) is 0. The highest BCUT2D eigenvalue weighted by atomic mass is 16.2. The van der Waals surface area contributed by atoms with Gasteiger partial charge in [0.05, 0.1) is 6.04 Å². The third kappa shape index (κ3) is 4.78. The molecule has 1 aliphatic rings. The van der Waals surface area contributed by atoms with E-state index in [-0.39, 0.29) is 17.9 Å². The fourth-order valence-electron chi connectivity index (χ4n) is 1.62. The Morgan fingerprint density at radius 1 is 1.27 bits per heavy atom. The minimum Gasteiger partial charge on any atom is -0.355 e. The Kier molecular flexibility index (Phi) is 5.10. The van der Waals surface area contributed by atoms with E-state index in [1.54, 1.807) is 0 Å². The molecule has 15 heavy (non-hydrogen) atoms. The molecule has 0 aromatic rings. The molecule has 0 aromatic heterocycles. The van der Waals surface area contributed by atoms with Gasteiger partial charge in [-0.05, 0) is 19.4 Å². The molecule has 0 bridgehead atoms. The number of amides is 2. The SMILES string of the molecule is CC(=O)NCCNC(=O)C1CCCCN1. The van der Waals surface area contributed by atoms with Crippen LogP contribution in [0, 0.1) is 0 Å². The molecule has 1 saturated heterocycles. The molecule has 1 rings (SSSR count). The summed E-state index contributed by atoms with van der Waals surface area (Å²) < 4.78 is 0. The second kappa shape index (κ2) is 6.40. The van der Waals surface area contributed by atoms with Crippen LogP contribution in [0.1, 0.15) is 26.2 Å². The zero-order valence-corrected chi connectivity index (χ0v) is 9.14. The maximum atomic E-state index is 11.6. The van der Waals surface area contributed by atoms with E-state index in [0.29, 0.717) is 13.1 Å². The first-order valence-electron chi connectivity index (χ1n) is 5.45. The first-order valence-corrected chi connectivity index (χ1v) is 5.45. The highest BCUT2D eigenvalue weighted by Gasteiger charge is 2.19. The van der Waals surface area contributed by atoms with Gasteiger partial charge in [0.25, 0.3) is 0 Å². The van der Waals surface area contributed by atoms with Crippen LogP contribution in [0.3, 0.4) is 0 Å². The number of carbonyl (C=O) groups excluding carboxylic acids is 2. The number of rotatable bonds is 4. The molecule has 1 fully saturated rings. The van der Waals surface area contributed by atoms with Crippen molar-refractivity contribution in [1.29, 1.82) is 0 Å². The van der Waals surface area contributed by atoms with Crippen molar-refractivity contribution in [2.75, 3.05) is 19.6 Å². The van der Waals surface area contributed by atoms with Crippen molar-refractivity contribution in [1.82, 2.24) is 16.0 Å². The van der Waals surface area contributed by atoms with Crippen LogP contribution < -0.4 is 16.0 Å². The monoisotopic (exact) mass is 213 g/mol. The van der Waals surface area contributed by atoms with Gasteiger partial charge in [-0.2, -0.15) is 0 Å². The predicted molar refractivity (Wildman–Crippen MR) is 57.3 cm³/mol. The Bertz CT molecular complexity index is 225. The fraction of sp³-hybridized carbons (Fsp3) is 0.800. The van der Waals surface area contributed by atoms with Gasteiger partial charge in [-0.3, -0.25) is 9.59 Å². The molecular formula is C10H19N3O2. The van der Waals surface area contributed by atoms with Crippen molar-refractivity contribution in [2.45, 2.75) is 32.2 Å². The summed E-state index contributed by atoms with van der Waals surface area (Å²) in [5.74, 6) is -0.0277. The van der Waals surface area contributed by atoms with Crippen LogP contribution in [0.25, 0.3) is 0 Å². The van der Waals surface area contributed by atoms with Crippen LogP contribution in [-0.2, 0) is 9.59 Å². The smallest absolute Gasteiger partial charge is 0.237 e. The third-order valence-corrected chi connectivity index (χ3v) is 2.42. The maximum Gasteiger partial charge on any atom is 0.237 e. The molecule has 3 N–H and O–H groups in total. The van der Waals surface area contributed by atoms with Crippen LogP contribution in [0.4, 0.5) is 0 Å². The van der Waals surface area contributed by atoms with Gasteiger partial charge in [0.2, 0.25) is 11.8 Å². The van der Waals surface area contributed by atoms with Gasteiger partial charge in [0, 0.05) is 20.0 Å². The fourth-order valence-corrected chi connectivity index (χ4v) is 1.62. The van der Waals surface area contributed by atoms with Crippen molar-refractivity contribution in [3.8, 4) is 0 Å². The van der Waals surface area contributed by atoms with E-state index in [1.807, 2.05) is 0 Å². The molecule has 2 amide bonds. The Morgan fingerprint density at radius 3 is 2.60 bits per heavy atom. The molecule has 5 nitrogen and oxygen atoms in total. The Balaban J connectivity index is 2.09. The summed E-state index contributed by atoms with van der Waals surface area (Å²) >= 11 is 0. The lowest BCUT2D eigenvalue weighted by Gasteiger charge is -2.22. The predicted octanol–water partition coefficient (Wildman–Crippen LogP) is -0.619. The van der Waals surface area contributed by atoms with Gasteiger partial charge in [0.15, 0.2) is 0 Å². The van der Waals surface area contributed by atoms with Crippen LogP contribution in [0.15, 0.2) is 0 Å². The number of hydrogen-bond acceptors (Lipinski definition) is 3. The van der Waals surface area contributed by atoms with Gasteiger partial charge in [0.1, 0.15) is 0 Å². The molecule has 0 aliphatic carbocycles. The number of piperidine rings is 1. The van der Waals surface area contributed by atoms with E-state index in [2.05, 4.69) is 16.0 Å². The standard InChI is InChI=1S/C10H19N3O2/c1-8(14)11-6-7-13-10(15)9-4-2-3-5-12-9/h9,12H,2-7H2,1H3,(H,11,14)(H,13,15). The normalized spacial score (nSPS) is 20.7. The summed E-state index contributed by atoms with van der Waals surface area (Å²) in [6.45, 7) is 3.37. The number of nitrogens with one attached hydrogen (secondary N) is 3. The molecule has 0 aromatic carbocycles. The molecule has 0 saturated carbocycles. The van der Waals surface area contributed by atoms with Crippen molar-refractivity contribution in [3.63, 3.8) is 0 Å². The summed E-state index contributed by atoms with van der Waals surface area (Å²) in [5.41, 5.74) is 0. The van der Waals surface area contributed by atoms with E-state index in [9.17, 15) is 9.59 Å². The molecule has 1 atom stereocenters. The second-order valence-electron chi connectivity index (χ2n) is 3.78. The van der Waals surface area contributed by atoms with E-state index in [1.165, 1.54) is 6.92 Å². The van der Waals surface area contributed by atoms with Crippen LogP contribution in [0.2, 0.25) is 0 Å². The van der Waals surface area contributed by atoms with Gasteiger partial charge in [-0.15, -0.1) is 0 Å². The van der Waals surface area contributed by atoms with Gasteiger partial charge in [-0.25, -0.2) is 0 Å². The Morgan fingerprint density at radius 2 is 2.00 bits per heavy atom. The van der Waals surface area contributed by atoms with E-state index in [0.717, 1.165) is 25.8 Å². The molecule has 1 aliphatic heterocycles. The largest absolute Gasteiger partial charge is 0.355 e. The lowest BCUT2D eigenvalue weighted by atomic mass is 10.0. The zero-order valence-electron chi connectivity index (χ0n) is 9.14. The minimum absolute atomic E-state index is 0.0417. The van der Waals surface area contributed by atoms with E-state index in [4.69, 9.17) is 0 Å². The Hall–Kier alpha value is -1.10. The lowest BCUT2D eigenvalue weighted by Crippen LogP contribution is -2.48. The van der Waals surface area contributed by atoms with Crippen LogP contribution in [-0.4, -0.2) is 37.5 Å². The topological polar surface area (TPSA) is 70.2 Å². The minimum atomic E-state index is -0.0694. The van der Waals surface area contributed by atoms with Gasteiger partial charge < -0.3 is 16.0 Å². The first-order chi connectivity index (χ1) is 7.20. The average Bonchev–Trinajstić information content (AvgIpc) is 2.25. The molecule has 0 radical (unpaired) electrons. The van der Waals surface area contributed by atoms with Crippen molar-refractivity contribution < 1.29 is 9.59 Å². The lowest BCUT2D eigenvalue weighted by molar-refractivity contribution is -0.124. The summed E-state index contributed by atoms with van der Waals surface area (Å²) in [4.78, 5) is 22.1. The van der Waals surface area contributed by atoms with Crippen LogP contribution in [0.5, 0.6) is 0 Å². The van der Waals surface area contributed by atoms with Crippen molar-refractivity contribution in [2.24, 2.45) is 0 Å². The summed E-state index contributed by atoms with van der Waals surface area (Å²) in [5, 5.41) is 8.59. The molecular weight excluding hydrogens is 194 g/mol. The van der Waals surface area contributed by atoms with Crippen LogP contribution >= 0.6 is 0 Å². The second-order valence-corrected chi connectivity index (χ2v) is 3.78. The molecule has 86 valence electrons. The molecule has 1 heterocycles. The number of carbonyl (C=O) groups is 2. The van der Waals surface area contributed by atoms with E-state index < -0.39 is 0 Å². The molecule has 0 spiro atoms. The van der Waals surface area contributed by atoms with Gasteiger partial charge in [-0.1, -0.05) is 6.42 Å². The first kappa shape index (κ1) is 12.0. The highest BCUT2D eigenvalue weighted by molar-refractivity contribution is 5.81. The summed E-state index contributed by atoms with van der Waals surface area (Å²) in [6, 6.07) is -0.0453. The average molecular weight is 213 g/mol. The van der Waals surface area contributed by atoms with Gasteiger partial charge >= 0.3 is 0 Å². The zero-order chi connectivity index (χ0) is 11.1.